The van der Waals surface area contributed by atoms with Gasteiger partial charge in [0.2, 0.25) is 17.6 Å². The molecule has 1 fully saturated rings. The molecule has 1 saturated heterocycles. The Balaban J connectivity index is 1.54. The number of rotatable bonds is 7. The Kier molecular flexibility index (Phi) is 5.50. The number of carboxylic acids is 1. The van der Waals surface area contributed by atoms with Gasteiger partial charge >= 0.3 is 5.97 Å². The van der Waals surface area contributed by atoms with Crippen molar-refractivity contribution >= 4 is 11.9 Å². The second kappa shape index (κ2) is 7.99. The largest absolute Gasteiger partial charge is 0.494 e. The third-order valence-corrected chi connectivity index (χ3v) is 4.33. The second-order valence-corrected chi connectivity index (χ2v) is 6.13. The lowest BCUT2D eigenvalue weighted by atomic mass is 10.1. The number of carboxylic acid groups (broad SMARTS) is 1. The molecule has 1 amide bonds. The van der Waals surface area contributed by atoms with Gasteiger partial charge in [0, 0.05) is 31.5 Å². The SMILES string of the molecule is CCOc1ccc(-c2noc(CCC(=O)N3CCC(C(=O)O)C3)n2)cc1. The minimum Gasteiger partial charge on any atom is -0.494 e. The summed E-state index contributed by atoms with van der Waals surface area (Å²) in [6.45, 7) is 3.28. The third kappa shape index (κ3) is 4.19. The number of likely N-dealkylation sites (tertiary alicyclic amines) is 1. The molecule has 8 nitrogen and oxygen atoms in total. The van der Waals surface area contributed by atoms with Crippen LogP contribution in [-0.4, -0.2) is 51.7 Å². The number of carbonyl (C=O) groups excluding carboxylic acids is 1. The zero-order valence-electron chi connectivity index (χ0n) is 14.6. The van der Waals surface area contributed by atoms with Gasteiger partial charge in [0.15, 0.2) is 0 Å². The van der Waals surface area contributed by atoms with E-state index >= 15 is 0 Å². The number of hydrogen-bond acceptors (Lipinski definition) is 6. The molecule has 2 heterocycles. The summed E-state index contributed by atoms with van der Waals surface area (Å²) in [6.07, 6.45) is 1.05. The molecular weight excluding hydrogens is 338 g/mol. The topological polar surface area (TPSA) is 106 Å². The van der Waals surface area contributed by atoms with Crippen molar-refractivity contribution < 1.29 is 24.0 Å². The molecule has 8 heteroatoms. The lowest BCUT2D eigenvalue weighted by molar-refractivity contribution is -0.141. The second-order valence-electron chi connectivity index (χ2n) is 6.13. The first kappa shape index (κ1) is 17.9. The molecular formula is C18H21N3O5. The van der Waals surface area contributed by atoms with Crippen LogP contribution in [0.2, 0.25) is 0 Å². The van der Waals surface area contributed by atoms with Gasteiger partial charge < -0.3 is 19.3 Å². The highest BCUT2D eigenvalue weighted by Crippen LogP contribution is 2.21. The van der Waals surface area contributed by atoms with E-state index in [2.05, 4.69) is 10.1 Å². The number of carbonyl (C=O) groups is 2. The van der Waals surface area contributed by atoms with E-state index in [0.29, 0.717) is 37.7 Å². The molecule has 1 aromatic heterocycles. The van der Waals surface area contributed by atoms with Crippen LogP contribution in [0.25, 0.3) is 11.4 Å². The Labute approximate surface area is 150 Å². The molecule has 1 atom stereocenters. The maximum Gasteiger partial charge on any atom is 0.308 e. The summed E-state index contributed by atoms with van der Waals surface area (Å²) in [4.78, 5) is 29.1. The molecule has 138 valence electrons. The predicted molar refractivity (Wildman–Crippen MR) is 91.5 cm³/mol. The van der Waals surface area contributed by atoms with E-state index in [4.69, 9.17) is 14.4 Å². The van der Waals surface area contributed by atoms with Crippen LogP contribution in [-0.2, 0) is 16.0 Å². The van der Waals surface area contributed by atoms with E-state index in [1.165, 1.54) is 0 Å². The molecule has 1 aromatic carbocycles. The highest BCUT2D eigenvalue weighted by atomic mass is 16.5. The first-order valence-electron chi connectivity index (χ1n) is 8.63. The maximum absolute atomic E-state index is 12.2. The highest BCUT2D eigenvalue weighted by molar-refractivity contribution is 5.78. The van der Waals surface area contributed by atoms with Gasteiger partial charge in [-0.05, 0) is 37.6 Å². The van der Waals surface area contributed by atoms with Crippen LogP contribution in [0.5, 0.6) is 5.75 Å². The summed E-state index contributed by atoms with van der Waals surface area (Å²) >= 11 is 0. The smallest absolute Gasteiger partial charge is 0.308 e. The lowest BCUT2D eigenvalue weighted by Crippen LogP contribution is -2.30. The summed E-state index contributed by atoms with van der Waals surface area (Å²) in [5.41, 5.74) is 0.804. The third-order valence-electron chi connectivity index (χ3n) is 4.33. The molecule has 0 spiro atoms. The number of aryl methyl sites for hydroxylation is 1. The quantitative estimate of drug-likeness (QED) is 0.806. The van der Waals surface area contributed by atoms with Crippen LogP contribution in [0, 0.1) is 5.92 Å². The minimum absolute atomic E-state index is 0.0884. The molecule has 1 aliphatic rings. The van der Waals surface area contributed by atoms with Crippen molar-refractivity contribution in [3.8, 4) is 17.1 Å². The Morgan fingerprint density at radius 3 is 2.77 bits per heavy atom. The molecule has 2 aromatic rings. The van der Waals surface area contributed by atoms with Gasteiger partial charge in [0.25, 0.3) is 0 Å². The number of nitrogens with zero attached hydrogens (tertiary/aromatic N) is 3. The van der Waals surface area contributed by atoms with Crippen molar-refractivity contribution in [3.63, 3.8) is 0 Å². The lowest BCUT2D eigenvalue weighted by Gasteiger charge is -2.14. The predicted octanol–water partition coefficient (Wildman–Crippen LogP) is 2.00. The molecule has 1 unspecified atom stereocenters. The zero-order valence-corrected chi connectivity index (χ0v) is 14.6. The van der Waals surface area contributed by atoms with Gasteiger partial charge in [0.1, 0.15) is 5.75 Å². The van der Waals surface area contributed by atoms with Crippen LogP contribution in [0.15, 0.2) is 28.8 Å². The Hall–Kier alpha value is -2.90. The van der Waals surface area contributed by atoms with Gasteiger partial charge in [-0.2, -0.15) is 4.98 Å². The fourth-order valence-corrected chi connectivity index (χ4v) is 2.90. The fourth-order valence-electron chi connectivity index (χ4n) is 2.90. The highest BCUT2D eigenvalue weighted by Gasteiger charge is 2.30. The van der Waals surface area contributed by atoms with E-state index in [1.807, 2.05) is 31.2 Å². The molecule has 0 saturated carbocycles. The normalized spacial score (nSPS) is 16.7. The van der Waals surface area contributed by atoms with Crippen molar-refractivity contribution in [3.05, 3.63) is 30.2 Å². The molecule has 0 aliphatic carbocycles. The first-order chi connectivity index (χ1) is 12.6. The number of benzene rings is 1. The van der Waals surface area contributed by atoms with E-state index in [0.717, 1.165) is 11.3 Å². The van der Waals surface area contributed by atoms with Crippen molar-refractivity contribution in [2.45, 2.75) is 26.2 Å². The summed E-state index contributed by atoms with van der Waals surface area (Å²) < 4.78 is 10.6. The van der Waals surface area contributed by atoms with Crippen molar-refractivity contribution in [2.24, 2.45) is 5.92 Å². The monoisotopic (exact) mass is 359 g/mol. The summed E-state index contributed by atoms with van der Waals surface area (Å²) in [7, 11) is 0. The van der Waals surface area contributed by atoms with Gasteiger partial charge in [-0.3, -0.25) is 9.59 Å². The van der Waals surface area contributed by atoms with Crippen LogP contribution < -0.4 is 4.74 Å². The minimum atomic E-state index is -0.850. The Morgan fingerprint density at radius 1 is 1.35 bits per heavy atom. The average Bonchev–Trinajstić information content (AvgIpc) is 3.30. The van der Waals surface area contributed by atoms with Crippen LogP contribution in [0.3, 0.4) is 0 Å². The average molecular weight is 359 g/mol. The maximum atomic E-state index is 12.2. The standard InChI is InChI=1S/C18H21N3O5/c1-2-25-14-5-3-12(4-6-14)17-19-15(26-20-17)7-8-16(22)21-10-9-13(11-21)18(23)24/h3-6,13H,2,7-11H2,1H3,(H,23,24). The van der Waals surface area contributed by atoms with Crippen LogP contribution >= 0.6 is 0 Å². The van der Waals surface area contributed by atoms with E-state index in [9.17, 15) is 9.59 Å². The van der Waals surface area contributed by atoms with Crippen molar-refractivity contribution in [1.29, 1.82) is 0 Å². The fraction of sp³-hybridized carbons (Fsp3) is 0.444. The van der Waals surface area contributed by atoms with Crippen molar-refractivity contribution in [1.82, 2.24) is 15.0 Å². The summed E-state index contributed by atoms with van der Waals surface area (Å²) in [5.74, 6) is 0.218. The van der Waals surface area contributed by atoms with E-state index in [1.54, 1.807) is 4.90 Å². The van der Waals surface area contributed by atoms with Gasteiger partial charge in [0.05, 0.1) is 12.5 Å². The van der Waals surface area contributed by atoms with E-state index < -0.39 is 11.9 Å². The number of hydrogen-bond donors (Lipinski definition) is 1. The number of amides is 1. The Morgan fingerprint density at radius 2 is 2.12 bits per heavy atom. The summed E-state index contributed by atoms with van der Waals surface area (Å²) in [6, 6.07) is 7.37. The number of aromatic nitrogens is 2. The van der Waals surface area contributed by atoms with Crippen LogP contribution in [0.4, 0.5) is 0 Å². The van der Waals surface area contributed by atoms with Crippen LogP contribution in [0.1, 0.15) is 25.7 Å². The summed E-state index contributed by atoms with van der Waals surface area (Å²) in [5, 5.41) is 12.9. The van der Waals surface area contributed by atoms with Gasteiger partial charge in [-0.25, -0.2) is 0 Å². The van der Waals surface area contributed by atoms with Gasteiger partial charge in [-0.1, -0.05) is 5.16 Å². The van der Waals surface area contributed by atoms with E-state index in [-0.39, 0.29) is 18.9 Å². The number of ether oxygens (including phenoxy) is 1. The molecule has 0 bridgehead atoms. The molecule has 3 rings (SSSR count). The molecule has 1 N–H and O–H groups in total. The first-order valence-corrected chi connectivity index (χ1v) is 8.63. The van der Waals surface area contributed by atoms with Gasteiger partial charge in [-0.15, -0.1) is 0 Å². The Bertz CT molecular complexity index is 771. The number of aliphatic carboxylic acids is 1. The molecule has 1 aliphatic heterocycles. The zero-order chi connectivity index (χ0) is 18.5. The molecule has 0 radical (unpaired) electrons. The molecule has 26 heavy (non-hydrogen) atoms. The van der Waals surface area contributed by atoms with Crippen molar-refractivity contribution in [2.75, 3.05) is 19.7 Å².